The number of alkyl halides is 1. The Morgan fingerprint density at radius 2 is 2.00 bits per heavy atom. The summed E-state index contributed by atoms with van der Waals surface area (Å²) in [6, 6.07) is 8.75. The zero-order valence-electron chi connectivity index (χ0n) is 12.5. The van der Waals surface area contributed by atoms with Gasteiger partial charge in [-0.1, -0.05) is 18.2 Å². The van der Waals surface area contributed by atoms with Gasteiger partial charge in [0, 0.05) is 11.9 Å². The van der Waals surface area contributed by atoms with E-state index in [0.29, 0.717) is 11.8 Å². The molecule has 2 aliphatic rings. The highest BCUT2D eigenvalue weighted by atomic mass is 35.5. The number of hydrogen-bond donors (Lipinski definition) is 1. The highest BCUT2D eigenvalue weighted by Crippen LogP contribution is 2.35. The van der Waals surface area contributed by atoms with Crippen LogP contribution in [0, 0.1) is 5.92 Å². The summed E-state index contributed by atoms with van der Waals surface area (Å²) in [6.45, 7) is 0.943. The van der Waals surface area contributed by atoms with Gasteiger partial charge in [0.15, 0.2) is 0 Å². The number of aromatic nitrogens is 1. The maximum atomic E-state index is 5.90. The molecule has 22 heavy (non-hydrogen) atoms. The van der Waals surface area contributed by atoms with E-state index in [9.17, 15) is 0 Å². The van der Waals surface area contributed by atoms with Gasteiger partial charge in [-0.15, -0.1) is 11.6 Å². The van der Waals surface area contributed by atoms with Gasteiger partial charge in [-0.05, 0) is 66.3 Å². The fourth-order valence-electron chi connectivity index (χ4n) is 3.53. The molecule has 0 fully saturated rings. The Bertz CT molecular complexity index is 776. The third-order valence-electron chi connectivity index (χ3n) is 4.71. The molecule has 2 nitrogen and oxygen atoms in total. The van der Waals surface area contributed by atoms with Gasteiger partial charge < -0.3 is 5.32 Å². The van der Waals surface area contributed by atoms with Crippen molar-refractivity contribution in [2.24, 2.45) is 5.92 Å². The summed E-state index contributed by atoms with van der Waals surface area (Å²) in [5.74, 6) is 1.09. The molecule has 0 bridgehead atoms. The summed E-state index contributed by atoms with van der Waals surface area (Å²) >= 11 is 5.90. The van der Waals surface area contributed by atoms with Gasteiger partial charge >= 0.3 is 0 Å². The summed E-state index contributed by atoms with van der Waals surface area (Å²) in [7, 11) is 0. The largest absolute Gasteiger partial charge is 0.387 e. The summed E-state index contributed by atoms with van der Waals surface area (Å²) in [4.78, 5) is 4.65. The van der Waals surface area contributed by atoms with Crippen LogP contribution in [0.2, 0.25) is 0 Å². The monoisotopic (exact) mass is 310 g/mol. The summed E-state index contributed by atoms with van der Waals surface area (Å²) in [5.41, 5.74) is 6.47. The second kappa shape index (κ2) is 5.77. The van der Waals surface area contributed by atoms with Gasteiger partial charge in [0.25, 0.3) is 0 Å². The Labute approximate surface area is 135 Å². The topological polar surface area (TPSA) is 24.9 Å². The van der Waals surface area contributed by atoms with E-state index in [4.69, 9.17) is 11.6 Å². The van der Waals surface area contributed by atoms with Crippen molar-refractivity contribution < 1.29 is 0 Å². The minimum absolute atomic E-state index is 0.473. The molecule has 1 aliphatic carbocycles. The summed E-state index contributed by atoms with van der Waals surface area (Å²) in [6.07, 6.45) is 10.0. The molecule has 0 spiro atoms. The molecule has 0 unspecified atom stereocenters. The van der Waals surface area contributed by atoms with Gasteiger partial charge in [-0.2, -0.15) is 0 Å². The van der Waals surface area contributed by atoms with Crippen molar-refractivity contribution in [2.45, 2.75) is 25.1 Å². The molecule has 3 heteroatoms. The van der Waals surface area contributed by atoms with Gasteiger partial charge in [0.1, 0.15) is 0 Å². The summed E-state index contributed by atoms with van der Waals surface area (Å²) in [5, 5.41) is 4.60. The zero-order chi connectivity index (χ0) is 14.9. The Morgan fingerprint density at radius 1 is 1.14 bits per heavy atom. The maximum Gasteiger partial charge on any atom is 0.0708 e. The standard InChI is InChI=1S/C19H19ClN2/c20-11-18-5-4-13-7-16-8-15(9-17(16)10-19(13)22-18)14-3-1-2-6-21-12-14/h1-2,4-5,7,10,12,15,21H,3,6,8-9,11H2/t15-/m1/s1. The quantitative estimate of drug-likeness (QED) is 0.666. The molecule has 1 atom stereocenters. The lowest BCUT2D eigenvalue weighted by molar-refractivity contribution is 0.639. The minimum Gasteiger partial charge on any atom is -0.387 e. The number of nitrogens with zero attached hydrogens (tertiary/aromatic N) is 1. The number of pyridine rings is 1. The van der Waals surface area contributed by atoms with Crippen molar-refractivity contribution in [3.8, 4) is 0 Å². The lowest BCUT2D eigenvalue weighted by Crippen LogP contribution is -2.09. The third kappa shape index (κ3) is 2.52. The van der Waals surface area contributed by atoms with Crippen molar-refractivity contribution >= 4 is 22.5 Å². The molecule has 1 aliphatic heterocycles. The molecule has 2 aromatic rings. The van der Waals surface area contributed by atoms with E-state index in [-0.39, 0.29) is 0 Å². The first-order valence-corrected chi connectivity index (χ1v) is 8.41. The molecule has 1 aromatic carbocycles. The van der Waals surface area contributed by atoms with E-state index in [1.54, 1.807) is 0 Å². The number of benzene rings is 1. The predicted octanol–water partition coefficient (Wildman–Crippen LogP) is 4.12. The molecule has 0 saturated heterocycles. The van der Waals surface area contributed by atoms with Crippen LogP contribution in [0.1, 0.15) is 23.2 Å². The molecule has 0 radical (unpaired) electrons. The number of rotatable bonds is 2. The Kier molecular flexibility index (Phi) is 3.63. The highest BCUT2D eigenvalue weighted by Gasteiger charge is 2.25. The fraction of sp³-hybridized carbons (Fsp3) is 0.316. The van der Waals surface area contributed by atoms with Crippen LogP contribution in [-0.2, 0) is 18.7 Å². The van der Waals surface area contributed by atoms with Crippen LogP contribution >= 0.6 is 11.6 Å². The fourth-order valence-corrected chi connectivity index (χ4v) is 3.68. The van der Waals surface area contributed by atoms with Crippen molar-refractivity contribution in [3.63, 3.8) is 0 Å². The van der Waals surface area contributed by atoms with Gasteiger partial charge in [0.05, 0.1) is 17.1 Å². The molecule has 1 aromatic heterocycles. The van der Waals surface area contributed by atoms with Gasteiger partial charge in [-0.3, -0.25) is 4.98 Å². The SMILES string of the molecule is ClCc1ccc2cc3c(cc2n1)C[C@H](C1=CNCC=CC1)C3. The van der Waals surface area contributed by atoms with E-state index in [1.807, 2.05) is 6.07 Å². The van der Waals surface area contributed by atoms with E-state index >= 15 is 0 Å². The van der Waals surface area contributed by atoms with E-state index in [1.165, 1.54) is 22.1 Å². The molecular formula is C19H19ClN2. The summed E-state index contributed by atoms with van der Waals surface area (Å²) < 4.78 is 0. The molecular weight excluding hydrogens is 292 g/mol. The molecule has 4 rings (SSSR count). The first kappa shape index (κ1) is 13.8. The first-order valence-electron chi connectivity index (χ1n) is 7.88. The van der Waals surface area contributed by atoms with Crippen molar-refractivity contribution in [1.29, 1.82) is 0 Å². The number of hydrogen-bond acceptors (Lipinski definition) is 2. The average Bonchev–Trinajstić information content (AvgIpc) is 2.77. The average molecular weight is 311 g/mol. The minimum atomic E-state index is 0.473. The number of allylic oxidation sites excluding steroid dienone is 2. The lowest BCUT2D eigenvalue weighted by Gasteiger charge is -2.12. The smallest absolute Gasteiger partial charge is 0.0708 e. The Morgan fingerprint density at radius 3 is 2.86 bits per heavy atom. The van der Waals surface area contributed by atoms with Gasteiger partial charge in [-0.25, -0.2) is 0 Å². The molecule has 1 N–H and O–H groups in total. The van der Waals surface area contributed by atoms with Gasteiger partial charge in [0.2, 0.25) is 0 Å². The van der Waals surface area contributed by atoms with Crippen LogP contribution in [0.25, 0.3) is 10.9 Å². The molecule has 2 heterocycles. The van der Waals surface area contributed by atoms with E-state index in [2.05, 4.69) is 46.9 Å². The van der Waals surface area contributed by atoms with Crippen molar-refractivity contribution in [1.82, 2.24) is 10.3 Å². The van der Waals surface area contributed by atoms with Crippen LogP contribution in [-0.4, -0.2) is 11.5 Å². The van der Waals surface area contributed by atoms with Crippen LogP contribution in [0.4, 0.5) is 0 Å². The third-order valence-corrected chi connectivity index (χ3v) is 4.98. The van der Waals surface area contributed by atoms with Crippen LogP contribution in [0.15, 0.2) is 48.2 Å². The second-order valence-corrected chi connectivity index (χ2v) is 6.43. The van der Waals surface area contributed by atoms with E-state index in [0.717, 1.165) is 37.0 Å². The first-order chi connectivity index (χ1) is 10.8. The molecule has 0 saturated carbocycles. The second-order valence-electron chi connectivity index (χ2n) is 6.16. The Hall–Kier alpha value is -1.80. The predicted molar refractivity (Wildman–Crippen MR) is 92.0 cm³/mol. The number of halogens is 1. The number of fused-ring (bicyclic) bond motifs is 2. The molecule has 0 amide bonds. The van der Waals surface area contributed by atoms with Crippen LogP contribution in [0.3, 0.4) is 0 Å². The van der Waals surface area contributed by atoms with E-state index < -0.39 is 0 Å². The number of nitrogens with one attached hydrogen (secondary N) is 1. The van der Waals surface area contributed by atoms with Crippen molar-refractivity contribution in [3.05, 3.63) is 65.0 Å². The maximum absolute atomic E-state index is 5.90. The molecule has 112 valence electrons. The lowest BCUT2D eigenvalue weighted by atomic mass is 9.94. The Balaban J connectivity index is 1.66. The van der Waals surface area contributed by atoms with Crippen molar-refractivity contribution in [2.75, 3.05) is 6.54 Å². The van der Waals surface area contributed by atoms with Crippen LogP contribution < -0.4 is 5.32 Å². The van der Waals surface area contributed by atoms with Crippen LogP contribution in [0.5, 0.6) is 0 Å². The normalized spacial score (nSPS) is 20.4. The zero-order valence-corrected chi connectivity index (χ0v) is 13.2. The highest BCUT2D eigenvalue weighted by molar-refractivity contribution is 6.16.